The molecule has 3 N–H and O–H groups in total. The number of aromatic nitrogens is 2. The molecule has 0 saturated heterocycles. The monoisotopic (exact) mass is 525 g/mol. The number of pyridine rings is 1. The number of carbonyl (C=O) groups excluding carboxylic acids is 1. The second kappa shape index (κ2) is 9.46. The van der Waals surface area contributed by atoms with Gasteiger partial charge < -0.3 is 20.1 Å². The van der Waals surface area contributed by atoms with Gasteiger partial charge in [0.15, 0.2) is 0 Å². The third-order valence-corrected chi connectivity index (χ3v) is 8.15. The number of H-pyrrole nitrogens is 1. The van der Waals surface area contributed by atoms with Gasteiger partial charge in [-0.05, 0) is 61.2 Å². The highest BCUT2D eigenvalue weighted by atomic mass is 35.5. The molecule has 0 radical (unpaired) electrons. The average Bonchev–Trinajstić information content (AvgIpc) is 3.32. The van der Waals surface area contributed by atoms with Crippen molar-refractivity contribution in [3.05, 3.63) is 94.1 Å². The first-order valence-corrected chi connectivity index (χ1v) is 13.1. The van der Waals surface area contributed by atoms with Crippen LogP contribution in [-0.2, 0) is 12.8 Å². The molecule has 0 bridgehead atoms. The molecule has 0 aliphatic heterocycles. The average molecular weight is 526 g/mol. The number of hydrogen-bond acceptors (Lipinski definition) is 4. The van der Waals surface area contributed by atoms with E-state index in [1.807, 2.05) is 73.7 Å². The fraction of sp³-hybridized carbons (Fsp3) is 0.226. The van der Waals surface area contributed by atoms with Gasteiger partial charge in [0.05, 0.1) is 41.1 Å². The van der Waals surface area contributed by atoms with Gasteiger partial charge in [-0.2, -0.15) is 0 Å². The first-order chi connectivity index (χ1) is 18.4. The van der Waals surface area contributed by atoms with Crippen molar-refractivity contribution in [3.63, 3.8) is 0 Å². The van der Waals surface area contributed by atoms with Crippen molar-refractivity contribution in [3.8, 4) is 17.0 Å². The molecule has 2 heterocycles. The molecule has 7 heteroatoms. The van der Waals surface area contributed by atoms with Crippen LogP contribution in [0.25, 0.3) is 33.1 Å². The Kier molecular flexibility index (Phi) is 6.09. The van der Waals surface area contributed by atoms with Crippen LogP contribution in [0.4, 0.5) is 0 Å². The van der Waals surface area contributed by atoms with Crippen LogP contribution >= 0.6 is 11.6 Å². The molecule has 1 aliphatic rings. The smallest absolute Gasteiger partial charge is 0.252 e. The first-order valence-electron chi connectivity index (χ1n) is 12.7. The Balaban J connectivity index is 1.42. The minimum Gasteiger partial charge on any atom is -0.497 e. The number of fused-ring (bicyclic) bond motifs is 4. The summed E-state index contributed by atoms with van der Waals surface area (Å²) in [5.41, 5.74) is 6.11. The molecule has 6 rings (SSSR count). The fourth-order valence-electron chi connectivity index (χ4n) is 5.53. The number of carbonyl (C=O) groups is 1. The highest BCUT2D eigenvalue weighted by Gasteiger charge is 2.38. The standard InChI is InChI=1S/C31H28ClN3O3/c1-18-8-10-26-28(29(18)32)23-16-31(17-36,13-12-25(23)33-26)35-30(37)22-15-27(19-6-4-3-5-7-19)34-24-11-9-20(38-2)14-21(22)24/h3-11,14-15,33,36H,12-13,16-17H2,1-2H3,(H,35,37). The maximum Gasteiger partial charge on any atom is 0.252 e. The zero-order valence-corrected chi connectivity index (χ0v) is 22.0. The summed E-state index contributed by atoms with van der Waals surface area (Å²) < 4.78 is 5.44. The molecule has 1 amide bonds. The highest BCUT2D eigenvalue weighted by molar-refractivity contribution is 6.36. The lowest BCUT2D eigenvalue weighted by Gasteiger charge is -2.37. The molecule has 1 aliphatic carbocycles. The van der Waals surface area contributed by atoms with Gasteiger partial charge >= 0.3 is 0 Å². The van der Waals surface area contributed by atoms with Crippen LogP contribution in [0, 0.1) is 6.92 Å². The summed E-state index contributed by atoms with van der Waals surface area (Å²) in [5, 5.41) is 16.2. The number of benzene rings is 3. The number of rotatable bonds is 5. The lowest BCUT2D eigenvalue weighted by molar-refractivity contribution is 0.0810. The second-order valence-corrected chi connectivity index (χ2v) is 10.5. The van der Waals surface area contributed by atoms with Crippen molar-refractivity contribution in [1.82, 2.24) is 15.3 Å². The van der Waals surface area contributed by atoms with Crippen LogP contribution in [0.2, 0.25) is 5.02 Å². The predicted molar refractivity (Wildman–Crippen MR) is 151 cm³/mol. The fourth-order valence-corrected chi connectivity index (χ4v) is 5.81. The Morgan fingerprint density at radius 3 is 2.74 bits per heavy atom. The number of aryl methyl sites for hydroxylation is 2. The molecule has 3 aromatic carbocycles. The van der Waals surface area contributed by atoms with Gasteiger partial charge in [0.1, 0.15) is 5.75 Å². The lowest BCUT2D eigenvalue weighted by atomic mass is 9.79. The van der Waals surface area contributed by atoms with E-state index in [1.165, 1.54) is 0 Å². The molecular weight excluding hydrogens is 498 g/mol. The number of nitrogens with zero attached hydrogens (tertiary/aromatic N) is 1. The largest absolute Gasteiger partial charge is 0.497 e. The summed E-state index contributed by atoms with van der Waals surface area (Å²) in [6.45, 7) is 1.80. The first kappa shape index (κ1) is 24.5. The van der Waals surface area contributed by atoms with Gasteiger partial charge in [-0.3, -0.25) is 4.79 Å². The van der Waals surface area contributed by atoms with Gasteiger partial charge in [0, 0.05) is 34.0 Å². The van der Waals surface area contributed by atoms with Crippen molar-refractivity contribution >= 4 is 39.3 Å². The van der Waals surface area contributed by atoms with E-state index in [4.69, 9.17) is 21.3 Å². The van der Waals surface area contributed by atoms with Crippen molar-refractivity contribution in [2.75, 3.05) is 13.7 Å². The highest BCUT2D eigenvalue weighted by Crippen LogP contribution is 2.39. The van der Waals surface area contributed by atoms with Crippen LogP contribution in [0.15, 0.2) is 66.7 Å². The van der Waals surface area contributed by atoms with E-state index < -0.39 is 5.54 Å². The van der Waals surface area contributed by atoms with E-state index in [2.05, 4.69) is 10.3 Å². The molecule has 38 heavy (non-hydrogen) atoms. The van der Waals surface area contributed by atoms with E-state index in [1.54, 1.807) is 7.11 Å². The molecule has 1 unspecified atom stereocenters. The Morgan fingerprint density at radius 2 is 1.97 bits per heavy atom. The quantitative estimate of drug-likeness (QED) is 0.262. The number of aliphatic hydroxyl groups excluding tert-OH is 1. The van der Waals surface area contributed by atoms with Crippen molar-refractivity contribution in [2.24, 2.45) is 0 Å². The Morgan fingerprint density at radius 1 is 1.16 bits per heavy atom. The predicted octanol–water partition coefficient (Wildman–Crippen LogP) is 6.00. The van der Waals surface area contributed by atoms with Crippen LogP contribution in [0.5, 0.6) is 5.75 Å². The van der Waals surface area contributed by atoms with E-state index in [9.17, 15) is 9.90 Å². The lowest BCUT2D eigenvalue weighted by Crippen LogP contribution is -2.54. The molecule has 192 valence electrons. The van der Waals surface area contributed by atoms with Crippen LogP contribution in [0.3, 0.4) is 0 Å². The van der Waals surface area contributed by atoms with E-state index in [-0.39, 0.29) is 12.5 Å². The minimum atomic E-state index is -0.826. The molecular formula is C31H28ClN3O3. The number of hydrogen-bond donors (Lipinski definition) is 3. The Bertz CT molecular complexity index is 1700. The second-order valence-electron chi connectivity index (χ2n) is 10.1. The number of ether oxygens (including phenoxy) is 1. The number of halogens is 1. The van der Waals surface area contributed by atoms with Crippen LogP contribution < -0.4 is 10.1 Å². The summed E-state index contributed by atoms with van der Waals surface area (Å²) in [4.78, 5) is 22.3. The van der Waals surface area contributed by atoms with Crippen molar-refractivity contribution in [1.29, 1.82) is 0 Å². The van der Waals surface area contributed by atoms with E-state index in [0.717, 1.165) is 33.3 Å². The maximum atomic E-state index is 14.0. The molecule has 0 saturated carbocycles. The minimum absolute atomic E-state index is 0.188. The molecule has 0 fully saturated rings. The molecule has 5 aromatic rings. The third-order valence-electron chi connectivity index (χ3n) is 7.67. The topological polar surface area (TPSA) is 87.2 Å². The number of aliphatic hydroxyl groups is 1. The number of amides is 1. The molecule has 2 aromatic heterocycles. The van der Waals surface area contributed by atoms with Gasteiger partial charge in [-0.25, -0.2) is 4.98 Å². The van der Waals surface area contributed by atoms with E-state index >= 15 is 0 Å². The van der Waals surface area contributed by atoms with Gasteiger partial charge in [-0.15, -0.1) is 0 Å². The van der Waals surface area contributed by atoms with Crippen molar-refractivity contribution < 1.29 is 14.6 Å². The van der Waals surface area contributed by atoms with Crippen molar-refractivity contribution in [2.45, 2.75) is 31.7 Å². The zero-order chi connectivity index (χ0) is 26.4. The SMILES string of the molecule is COc1ccc2nc(-c3ccccc3)cc(C(=O)NC3(CO)CCc4[nH]c5ccc(C)c(Cl)c5c4C3)c2c1. The molecule has 0 spiro atoms. The molecule has 6 nitrogen and oxygen atoms in total. The van der Waals surface area contributed by atoms with E-state index in [0.29, 0.717) is 52.2 Å². The Hall–Kier alpha value is -3.87. The summed E-state index contributed by atoms with van der Waals surface area (Å²) in [7, 11) is 1.60. The van der Waals surface area contributed by atoms with Gasteiger partial charge in [0.25, 0.3) is 5.91 Å². The van der Waals surface area contributed by atoms with Gasteiger partial charge in [-0.1, -0.05) is 48.0 Å². The zero-order valence-electron chi connectivity index (χ0n) is 21.3. The van der Waals surface area contributed by atoms with Crippen LogP contribution in [0.1, 0.15) is 33.6 Å². The summed E-state index contributed by atoms with van der Waals surface area (Å²) in [6, 6.07) is 21.2. The summed E-state index contributed by atoms with van der Waals surface area (Å²) in [6.07, 6.45) is 1.77. The number of methoxy groups -OCH3 is 1. The summed E-state index contributed by atoms with van der Waals surface area (Å²) >= 11 is 6.72. The number of nitrogens with one attached hydrogen (secondary N) is 2. The normalized spacial score (nSPS) is 16.9. The van der Waals surface area contributed by atoms with Crippen LogP contribution in [-0.4, -0.2) is 40.2 Å². The van der Waals surface area contributed by atoms with Gasteiger partial charge in [0.2, 0.25) is 0 Å². The molecule has 1 atom stereocenters. The maximum absolute atomic E-state index is 14.0. The third kappa shape index (κ3) is 4.10. The Labute approximate surface area is 225 Å². The number of aromatic amines is 1. The summed E-state index contributed by atoms with van der Waals surface area (Å²) in [5.74, 6) is 0.381.